The lowest BCUT2D eigenvalue weighted by atomic mass is 10.1. The molecule has 1 aliphatic carbocycles. The maximum Gasteiger partial charge on any atom is 0.254 e. The fourth-order valence-electron chi connectivity index (χ4n) is 2.34. The number of nitrogens with one attached hydrogen (secondary N) is 1. The van der Waals surface area contributed by atoms with Gasteiger partial charge in [-0.3, -0.25) is 4.79 Å². The van der Waals surface area contributed by atoms with E-state index in [9.17, 15) is 9.18 Å². The van der Waals surface area contributed by atoms with Gasteiger partial charge in [-0.2, -0.15) is 0 Å². The minimum Gasteiger partial charge on any atom is -0.349 e. The summed E-state index contributed by atoms with van der Waals surface area (Å²) >= 11 is 9.11. The van der Waals surface area contributed by atoms with Crippen molar-refractivity contribution in [2.45, 2.75) is 25.3 Å². The first-order valence-electron chi connectivity index (χ1n) is 5.94. The summed E-state index contributed by atoms with van der Waals surface area (Å²) in [6.45, 7) is 0. The lowest BCUT2D eigenvalue weighted by Gasteiger charge is -2.19. The average Bonchev–Trinajstić information content (AvgIpc) is 2.79. The molecule has 0 spiro atoms. The second-order valence-corrected chi connectivity index (χ2v) is 5.58. The third-order valence-electron chi connectivity index (χ3n) is 3.37. The third kappa shape index (κ3) is 2.86. The monoisotopic (exact) mass is 333 g/mol. The van der Waals surface area contributed by atoms with Crippen LogP contribution in [0.4, 0.5) is 4.39 Å². The predicted molar refractivity (Wildman–Crippen MR) is 73.8 cm³/mol. The fourth-order valence-corrected chi connectivity index (χ4v) is 3.29. The number of carbonyl (C=O) groups is 1. The first-order valence-corrected chi connectivity index (χ1v) is 7.44. The number of carbonyl (C=O) groups excluding carboxylic acids is 1. The zero-order chi connectivity index (χ0) is 13.1. The Kier molecular flexibility index (Phi) is 4.62. The molecule has 0 heterocycles. The molecule has 1 N–H and O–H groups in total. The van der Waals surface area contributed by atoms with Crippen molar-refractivity contribution in [1.82, 2.24) is 5.32 Å². The first kappa shape index (κ1) is 13.8. The van der Waals surface area contributed by atoms with Gasteiger partial charge in [-0.05, 0) is 30.9 Å². The van der Waals surface area contributed by atoms with E-state index in [-0.39, 0.29) is 22.5 Å². The molecule has 2 rings (SSSR count). The molecule has 0 bridgehead atoms. The van der Waals surface area contributed by atoms with Crippen molar-refractivity contribution in [3.63, 3.8) is 0 Å². The van der Waals surface area contributed by atoms with Gasteiger partial charge in [-0.1, -0.05) is 40.0 Å². The van der Waals surface area contributed by atoms with E-state index in [2.05, 4.69) is 21.2 Å². The first-order chi connectivity index (χ1) is 8.63. The second-order valence-electron chi connectivity index (χ2n) is 4.53. The lowest BCUT2D eigenvalue weighted by molar-refractivity contribution is 0.0926. The van der Waals surface area contributed by atoms with E-state index in [1.807, 2.05) is 0 Å². The number of alkyl halides is 1. The molecule has 2 nitrogen and oxygen atoms in total. The smallest absolute Gasteiger partial charge is 0.254 e. The Morgan fingerprint density at radius 3 is 3.00 bits per heavy atom. The normalized spacial score (nSPS) is 23.1. The summed E-state index contributed by atoms with van der Waals surface area (Å²) in [6.07, 6.45) is 3.14. The Balaban J connectivity index is 2.10. The lowest BCUT2D eigenvalue weighted by Crippen LogP contribution is -2.38. The van der Waals surface area contributed by atoms with Gasteiger partial charge in [0.25, 0.3) is 5.91 Å². The third-order valence-corrected chi connectivity index (χ3v) is 4.49. The largest absolute Gasteiger partial charge is 0.349 e. The van der Waals surface area contributed by atoms with Crippen LogP contribution >= 0.6 is 27.5 Å². The zero-order valence-corrected chi connectivity index (χ0v) is 12.1. The van der Waals surface area contributed by atoms with Crippen molar-refractivity contribution < 1.29 is 9.18 Å². The Hall–Kier alpha value is -0.610. The molecule has 2 unspecified atom stereocenters. The van der Waals surface area contributed by atoms with Crippen LogP contribution in [-0.4, -0.2) is 17.3 Å². The van der Waals surface area contributed by atoms with Crippen LogP contribution in [0.15, 0.2) is 18.2 Å². The number of rotatable bonds is 3. The molecule has 0 saturated heterocycles. The van der Waals surface area contributed by atoms with Crippen LogP contribution in [0, 0.1) is 11.7 Å². The Bertz CT molecular complexity index is 455. The van der Waals surface area contributed by atoms with Crippen LogP contribution < -0.4 is 5.32 Å². The SMILES string of the molecule is O=C(NC1CCCC1CBr)c1cccc(Cl)c1F. The highest BCUT2D eigenvalue weighted by Gasteiger charge is 2.28. The van der Waals surface area contributed by atoms with Gasteiger partial charge in [-0.15, -0.1) is 0 Å². The molecule has 0 aromatic heterocycles. The fraction of sp³-hybridized carbons (Fsp3) is 0.462. The maximum atomic E-state index is 13.7. The molecule has 1 saturated carbocycles. The molecular weight excluding hydrogens is 321 g/mol. The summed E-state index contributed by atoms with van der Waals surface area (Å²) in [4.78, 5) is 12.0. The number of halogens is 3. The summed E-state index contributed by atoms with van der Waals surface area (Å²) in [5.74, 6) is -0.603. The molecule has 98 valence electrons. The van der Waals surface area contributed by atoms with Crippen LogP contribution in [0.25, 0.3) is 0 Å². The van der Waals surface area contributed by atoms with Crippen molar-refractivity contribution in [2.75, 3.05) is 5.33 Å². The highest BCUT2D eigenvalue weighted by Crippen LogP contribution is 2.27. The topological polar surface area (TPSA) is 29.1 Å². The van der Waals surface area contributed by atoms with E-state index >= 15 is 0 Å². The number of amides is 1. The molecular formula is C13H14BrClFNO. The van der Waals surface area contributed by atoms with Crippen molar-refractivity contribution in [2.24, 2.45) is 5.92 Å². The molecule has 2 atom stereocenters. The van der Waals surface area contributed by atoms with Crippen molar-refractivity contribution >= 4 is 33.4 Å². The quantitative estimate of drug-likeness (QED) is 0.838. The number of hydrogen-bond acceptors (Lipinski definition) is 1. The summed E-state index contributed by atoms with van der Waals surface area (Å²) < 4.78 is 13.7. The van der Waals surface area contributed by atoms with Gasteiger partial charge in [0.05, 0.1) is 10.6 Å². The molecule has 5 heteroatoms. The van der Waals surface area contributed by atoms with Crippen LogP contribution in [-0.2, 0) is 0 Å². The van der Waals surface area contributed by atoms with Crippen LogP contribution in [0.3, 0.4) is 0 Å². The highest BCUT2D eigenvalue weighted by molar-refractivity contribution is 9.09. The van der Waals surface area contributed by atoms with Crippen LogP contribution in [0.1, 0.15) is 29.6 Å². The van der Waals surface area contributed by atoms with E-state index in [1.165, 1.54) is 12.1 Å². The summed E-state index contributed by atoms with van der Waals surface area (Å²) in [6, 6.07) is 4.59. The van der Waals surface area contributed by atoms with E-state index < -0.39 is 5.82 Å². The molecule has 1 amide bonds. The summed E-state index contributed by atoms with van der Waals surface area (Å²) in [7, 11) is 0. The summed E-state index contributed by atoms with van der Waals surface area (Å²) in [5, 5.41) is 3.73. The predicted octanol–water partition coefficient (Wildman–Crippen LogP) is 3.77. The van der Waals surface area contributed by atoms with Crippen molar-refractivity contribution in [3.8, 4) is 0 Å². The minimum atomic E-state index is -0.648. The second kappa shape index (κ2) is 6.02. The van der Waals surface area contributed by atoms with E-state index in [0.29, 0.717) is 5.92 Å². The van der Waals surface area contributed by atoms with E-state index in [1.54, 1.807) is 6.07 Å². The number of hydrogen-bond donors (Lipinski definition) is 1. The van der Waals surface area contributed by atoms with Gasteiger partial charge in [0.2, 0.25) is 0 Å². The van der Waals surface area contributed by atoms with E-state index in [0.717, 1.165) is 24.6 Å². The minimum absolute atomic E-state index is 0.0164. The molecule has 1 fully saturated rings. The van der Waals surface area contributed by atoms with Crippen molar-refractivity contribution in [3.05, 3.63) is 34.6 Å². The molecule has 0 radical (unpaired) electrons. The Labute approximate surface area is 119 Å². The maximum absolute atomic E-state index is 13.7. The van der Waals surface area contributed by atoms with Gasteiger partial charge in [0.1, 0.15) is 0 Å². The van der Waals surface area contributed by atoms with Crippen molar-refractivity contribution in [1.29, 1.82) is 0 Å². The number of benzene rings is 1. The Morgan fingerprint density at radius 1 is 1.50 bits per heavy atom. The average molecular weight is 335 g/mol. The standard InChI is InChI=1S/C13H14BrClFNO/c14-7-8-3-1-6-11(8)17-13(18)9-4-2-5-10(15)12(9)16/h2,4-5,8,11H,1,3,6-7H2,(H,17,18). The van der Waals surface area contributed by atoms with Crippen LogP contribution in [0.5, 0.6) is 0 Å². The molecule has 1 aliphatic rings. The van der Waals surface area contributed by atoms with Crippen LogP contribution in [0.2, 0.25) is 5.02 Å². The molecule has 0 aliphatic heterocycles. The van der Waals surface area contributed by atoms with Gasteiger partial charge in [0.15, 0.2) is 5.82 Å². The zero-order valence-electron chi connectivity index (χ0n) is 9.76. The summed E-state index contributed by atoms with van der Waals surface area (Å²) in [5.41, 5.74) is 0.0164. The molecule has 1 aromatic rings. The molecule has 1 aromatic carbocycles. The Morgan fingerprint density at radius 2 is 2.28 bits per heavy atom. The molecule has 18 heavy (non-hydrogen) atoms. The van der Waals surface area contributed by atoms with E-state index in [4.69, 9.17) is 11.6 Å². The highest BCUT2D eigenvalue weighted by atomic mass is 79.9. The van der Waals surface area contributed by atoms with Gasteiger partial charge >= 0.3 is 0 Å². The van der Waals surface area contributed by atoms with Gasteiger partial charge in [0, 0.05) is 11.4 Å². The van der Waals surface area contributed by atoms with Gasteiger partial charge in [-0.25, -0.2) is 4.39 Å². The van der Waals surface area contributed by atoms with Gasteiger partial charge < -0.3 is 5.32 Å².